The smallest absolute Gasteiger partial charge is 0.335 e. The van der Waals surface area contributed by atoms with Gasteiger partial charge in [0.1, 0.15) is 12.9 Å². The van der Waals surface area contributed by atoms with E-state index in [9.17, 15) is 9.59 Å². The van der Waals surface area contributed by atoms with Crippen molar-refractivity contribution in [3.8, 4) is 11.8 Å². The lowest BCUT2D eigenvalue weighted by atomic mass is 10.1. The number of hydrogen-bond acceptors (Lipinski definition) is 4. The Kier molecular flexibility index (Phi) is 4.91. The summed E-state index contributed by atoms with van der Waals surface area (Å²) in [6, 6.07) is 9.93. The van der Waals surface area contributed by atoms with Crippen molar-refractivity contribution in [1.29, 1.82) is 0 Å². The van der Waals surface area contributed by atoms with Gasteiger partial charge in [0, 0.05) is 18.2 Å². The molecule has 0 fully saturated rings. The average Bonchev–Trinajstić information content (AvgIpc) is 2.52. The molecule has 5 nitrogen and oxygen atoms in total. The molecule has 21 heavy (non-hydrogen) atoms. The number of aliphatic hydroxyl groups excluding tert-OH is 1. The topological polar surface area (TPSA) is 79.5 Å². The van der Waals surface area contributed by atoms with Gasteiger partial charge in [0.25, 0.3) is 5.91 Å². The molecule has 0 atom stereocenters. The lowest BCUT2D eigenvalue weighted by Crippen LogP contribution is -2.23. The summed E-state index contributed by atoms with van der Waals surface area (Å²) in [4.78, 5) is 22.7. The van der Waals surface area contributed by atoms with Crippen LogP contribution in [0, 0.1) is 11.8 Å². The van der Waals surface area contributed by atoms with Crippen LogP contribution in [-0.2, 0) is 6.54 Å². The number of hydrogen-bond donors (Lipinski definition) is 2. The summed E-state index contributed by atoms with van der Waals surface area (Å²) < 4.78 is 4.64. The molecular formula is C16H13NO4. The first-order chi connectivity index (χ1) is 10.2. The minimum absolute atomic E-state index is 0.194. The number of aliphatic hydroxyl groups is 1. The molecule has 1 heterocycles. The summed E-state index contributed by atoms with van der Waals surface area (Å²) in [5, 5.41) is 11.4. The van der Waals surface area contributed by atoms with Crippen molar-refractivity contribution in [3.63, 3.8) is 0 Å². The van der Waals surface area contributed by atoms with E-state index in [1.54, 1.807) is 0 Å². The number of carbonyl (C=O) groups excluding carboxylic acids is 1. The summed E-state index contributed by atoms with van der Waals surface area (Å²) in [7, 11) is 0. The van der Waals surface area contributed by atoms with Crippen LogP contribution in [-0.4, -0.2) is 17.6 Å². The fourth-order valence-corrected chi connectivity index (χ4v) is 1.67. The number of amides is 1. The van der Waals surface area contributed by atoms with Crippen LogP contribution in [0.3, 0.4) is 0 Å². The van der Waals surface area contributed by atoms with Gasteiger partial charge in [-0.05, 0) is 23.8 Å². The van der Waals surface area contributed by atoms with Crippen LogP contribution in [0.15, 0.2) is 51.9 Å². The Morgan fingerprint density at radius 1 is 1.29 bits per heavy atom. The monoisotopic (exact) mass is 283 g/mol. The molecule has 0 aliphatic heterocycles. The van der Waals surface area contributed by atoms with Crippen molar-refractivity contribution in [3.05, 3.63) is 69.8 Å². The second-order valence-electron chi connectivity index (χ2n) is 4.19. The fraction of sp³-hybridized carbons (Fsp3) is 0.125. The second kappa shape index (κ2) is 7.08. The highest BCUT2D eigenvalue weighted by Gasteiger charge is 2.06. The van der Waals surface area contributed by atoms with Gasteiger partial charge in [0.05, 0.1) is 5.56 Å². The van der Waals surface area contributed by atoms with E-state index in [4.69, 9.17) is 5.11 Å². The molecule has 0 spiro atoms. The predicted octanol–water partition coefficient (Wildman–Crippen LogP) is 0.914. The van der Waals surface area contributed by atoms with E-state index in [1.165, 1.54) is 12.1 Å². The maximum Gasteiger partial charge on any atom is 0.335 e. The van der Waals surface area contributed by atoms with Gasteiger partial charge in [-0.15, -0.1) is 0 Å². The molecule has 2 aromatic rings. The molecule has 5 heteroatoms. The lowest BCUT2D eigenvalue weighted by molar-refractivity contribution is 0.0948. The largest absolute Gasteiger partial charge is 0.430 e. The normalized spacial score (nSPS) is 9.57. The fourth-order valence-electron chi connectivity index (χ4n) is 1.67. The Balaban J connectivity index is 2.01. The van der Waals surface area contributed by atoms with E-state index < -0.39 is 5.63 Å². The Hall–Kier alpha value is -2.84. The van der Waals surface area contributed by atoms with Gasteiger partial charge >= 0.3 is 5.63 Å². The molecular weight excluding hydrogens is 270 g/mol. The minimum atomic E-state index is -0.498. The molecule has 0 radical (unpaired) electrons. The molecule has 1 aromatic heterocycles. The quantitative estimate of drug-likeness (QED) is 0.821. The van der Waals surface area contributed by atoms with Crippen molar-refractivity contribution >= 4 is 5.91 Å². The van der Waals surface area contributed by atoms with Gasteiger partial charge in [-0.1, -0.05) is 24.0 Å². The maximum atomic E-state index is 11.9. The number of benzene rings is 1. The first kappa shape index (κ1) is 14.6. The van der Waals surface area contributed by atoms with Crippen LogP contribution in [0.2, 0.25) is 0 Å². The maximum absolute atomic E-state index is 11.9. The van der Waals surface area contributed by atoms with Crippen molar-refractivity contribution in [2.45, 2.75) is 6.54 Å². The Morgan fingerprint density at radius 2 is 2.14 bits per heavy atom. The molecule has 1 amide bonds. The van der Waals surface area contributed by atoms with Gasteiger partial charge in [0.15, 0.2) is 0 Å². The molecule has 0 saturated carbocycles. The Morgan fingerprint density at radius 3 is 2.86 bits per heavy atom. The van der Waals surface area contributed by atoms with E-state index in [1.807, 2.05) is 24.3 Å². The standard InChI is InChI=1S/C16H13NO4/c18-8-2-5-12-3-1-4-13(9-12)10-17-16(20)14-6-7-15(19)21-11-14/h1,3-4,6-7,9,11,18H,8,10H2,(H,17,20). The summed E-state index contributed by atoms with van der Waals surface area (Å²) in [5.41, 5.74) is 1.43. The molecule has 0 saturated heterocycles. The summed E-state index contributed by atoms with van der Waals surface area (Å²) in [5.74, 6) is 5.03. The van der Waals surface area contributed by atoms with E-state index >= 15 is 0 Å². The van der Waals surface area contributed by atoms with Crippen LogP contribution < -0.4 is 10.9 Å². The highest BCUT2D eigenvalue weighted by atomic mass is 16.4. The SMILES string of the molecule is O=C(NCc1cccc(C#CCO)c1)c1ccc(=O)oc1. The van der Waals surface area contributed by atoms with Gasteiger partial charge in [-0.3, -0.25) is 4.79 Å². The molecule has 1 aromatic carbocycles. The molecule has 0 aliphatic rings. The molecule has 0 unspecified atom stereocenters. The predicted molar refractivity (Wildman–Crippen MR) is 76.6 cm³/mol. The zero-order valence-electron chi connectivity index (χ0n) is 11.1. The molecule has 106 valence electrons. The number of nitrogens with one attached hydrogen (secondary N) is 1. The van der Waals surface area contributed by atoms with Gasteiger partial charge in [-0.2, -0.15) is 0 Å². The lowest BCUT2D eigenvalue weighted by Gasteiger charge is -2.05. The minimum Gasteiger partial charge on any atom is -0.430 e. The van der Waals surface area contributed by atoms with E-state index in [0.717, 1.165) is 17.4 Å². The van der Waals surface area contributed by atoms with E-state index in [0.29, 0.717) is 6.54 Å². The third kappa shape index (κ3) is 4.34. The van der Waals surface area contributed by atoms with Crippen LogP contribution >= 0.6 is 0 Å². The van der Waals surface area contributed by atoms with Gasteiger partial charge in [0.2, 0.25) is 0 Å². The van der Waals surface area contributed by atoms with Gasteiger partial charge < -0.3 is 14.8 Å². The summed E-state index contributed by atoms with van der Waals surface area (Å²) in [6.45, 7) is 0.132. The summed E-state index contributed by atoms with van der Waals surface area (Å²) >= 11 is 0. The zero-order valence-corrected chi connectivity index (χ0v) is 11.1. The third-order valence-electron chi connectivity index (χ3n) is 2.66. The second-order valence-corrected chi connectivity index (χ2v) is 4.19. The molecule has 2 rings (SSSR count). The average molecular weight is 283 g/mol. The summed E-state index contributed by atoms with van der Waals surface area (Å²) in [6.07, 6.45) is 1.13. The van der Waals surface area contributed by atoms with E-state index in [2.05, 4.69) is 21.6 Å². The van der Waals surface area contributed by atoms with Crippen molar-refractivity contribution in [2.75, 3.05) is 6.61 Å². The first-order valence-corrected chi connectivity index (χ1v) is 6.25. The van der Waals surface area contributed by atoms with E-state index in [-0.39, 0.29) is 18.1 Å². The highest BCUT2D eigenvalue weighted by Crippen LogP contribution is 2.04. The van der Waals surface area contributed by atoms with Crippen molar-refractivity contribution in [2.24, 2.45) is 0 Å². The molecule has 0 aliphatic carbocycles. The molecule has 2 N–H and O–H groups in total. The third-order valence-corrected chi connectivity index (χ3v) is 2.66. The number of carbonyl (C=O) groups is 1. The first-order valence-electron chi connectivity index (χ1n) is 6.25. The Bertz CT molecular complexity index is 732. The van der Waals surface area contributed by atoms with Gasteiger partial charge in [-0.25, -0.2) is 4.79 Å². The highest BCUT2D eigenvalue weighted by molar-refractivity contribution is 5.93. The van der Waals surface area contributed by atoms with Crippen LogP contribution in [0.25, 0.3) is 0 Å². The zero-order chi connectivity index (χ0) is 15.1. The Labute approximate surface area is 121 Å². The molecule has 0 bridgehead atoms. The van der Waals surface area contributed by atoms with Crippen LogP contribution in [0.1, 0.15) is 21.5 Å². The number of rotatable bonds is 3. The van der Waals surface area contributed by atoms with Crippen molar-refractivity contribution in [1.82, 2.24) is 5.32 Å². The van der Waals surface area contributed by atoms with Crippen molar-refractivity contribution < 1.29 is 14.3 Å². The van der Waals surface area contributed by atoms with Crippen LogP contribution in [0.4, 0.5) is 0 Å². The van der Waals surface area contributed by atoms with Crippen LogP contribution in [0.5, 0.6) is 0 Å².